The van der Waals surface area contributed by atoms with E-state index >= 15 is 0 Å². The van der Waals surface area contributed by atoms with Crippen molar-refractivity contribution < 1.29 is 43.7 Å². The Labute approximate surface area is 175 Å². The number of nitrogens with one attached hydrogen (secondary N) is 2. The van der Waals surface area contributed by atoms with Gasteiger partial charge in [-0.15, -0.1) is 0 Å². The van der Waals surface area contributed by atoms with E-state index < -0.39 is 35.6 Å². The molecular formula is C19H32N2O9. The summed E-state index contributed by atoms with van der Waals surface area (Å²) in [5.41, 5.74) is 0. The number of carbonyl (C=O) groups is 5. The molecule has 2 atom stereocenters. The lowest BCUT2D eigenvalue weighted by molar-refractivity contribution is -0.145. The number of hydrogen-bond acceptors (Lipinski definition) is 8. The van der Waals surface area contributed by atoms with Crippen LogP contribution < -0.4 is 10.6 Å². The maximum Gasteiger partial charge on any atom is 0.326 e. The van der Waals surface area contributed by atoms with Gasteiger partial charge in [0.1, 0.15) is 18.4 Å². The number of rotatable bonds is 19. The van der Waals surface area contributed by atoms with Crippen LogP contribution in [0.3, 0.4) is 0 Å². The molecule has 0 spiro atoms. The highest BCUT2D eigenvalue weighted by molar-refractivity contribution is 5.86. The van der Waals surface area contributed by atoms with Gasteiger partial charge in [-0.3, -0.25) is 14.4 Å². The molecule has 11 nitrogen and oxygen atoms in total. The summed E-state index contributed by atoms with van der Waals surface area (Å²) in [6.07, 6.45) is -0.722. The van der Waals surface area contributed by atoms with Crippen LogP contribution in [0.4, 0.5) is 0 Å². The third kappa shape index (κ3) is 14.6. The first kappa shape index (κ1) is 27.6. The fourth-order valence-electron chi connectivity index (χ4n) is 2.40. The van der Waals surface area contributed by atoms with Gasteiger partial charge in [0.25, 0.3) is 0 Å². The monoisotopic (exact) mass is 432 g/mol. The second-order valence-corrected chi connectivity index (χ2v) is 6.78. The molecule has 0 saturated heterocycles. The largest absolute Gasteiger partial charge is 0.481 e. The molecule has 0 bridgehead atoms. The Hall–Kier alpha value is -2.37. The smallest absolute Gasteiger partial charge is 0.326 e. The Morgan fingerprint density at radius 2 is 1.57 bits per heavy atom. The van der Waals surface area contributed by atoms with Gasteiger partial charge in [0.2, 0.25) is 5.91 Å². The summed E-state index contributed by atoms with van der Waals surface area (Å²) >= 11 is 0. The van der Waals surface area contributed by atoms with Crippen LogP contribution in [0.1, 0.15) is 39.0 Å². The highest BCUT2D eigenvalue weighted by Crippen LogP contribution is 2.13. The molecule has 0 aliphatic heterocycles. The standard InChI is InChI=1S/C19H32N2O9/c1-13(22)3-5-16(19(27)28)21-17(24)6-4-14(18(25)26)11-15(23)12-30-10-9-29-8-7-20-2/h14,16,20H,3-12H2,1-2H3,(H,21,24)(H,25,26)(H,27,28)/t14?,16-/m0/s1. The zero-order valence-electron chi connectivity index (χ0n) is 17.5. The van der Waals surface area contributed by atoms with Crippen molar-refractivity contribution in [2.24, 2.45) is 5.92 Å². The van der Waals surface area contributed by atoms with E-state index in [0.717, 1.165) is 0 Å². The molecule has 0 fully saturated rings. The van der Waals surface area contributed by atoms with E-state index in [2.05, 4.69) is 10.6 Å². The summed E-state index contributed by atoms with van der Waals surface area (Å²) in [6, 6.07) is -1.23. The Kier molecular flexibility index (Phi) is 15.1. The van der Waals surface area contributed by atoms with Gasteiger partial charge in [0.15, 0.2) is 5.78 Å². The summed E-state index contributed by atoms with van der Waals surface area (Å²) in [6.45, 7) is 2.77. The zero-order chi connectivity index (χ0) is 22.9. The van der Waals surface area contributed by atoms with Gasteiger partial charge in [0.05, 0.1) is 25.7 Å². The maximum absolute atomic E-state index is 12.0. The van der Waals surface area contributed by atoms with Crippen LogP contribution in [0.5, 0.6) is 0 Å². The quantitative estimate of drug-likeness (QED) is 0.197. The number of carboxylic acids is 2. The Balaban J connectivity index is 4.30. The second kappa shape index (κ2) is 16.4. The Bertz CT molecular complexity index is 580. The van der Waals surface area contributed by atoms with Crippen molar-refractivity contribution in [2.75, 3.05) is 40.0 Å². The normalized spacial score (nSPS) is 12.7. The average molecular weight is 432 g/mol. The SMILES string of the molecule is CNCCOCCOCC(=O)CC(CCC(=O)N[C@@H](CCC(C)=O)C(=O)O)C(=O)O. The van der Waals surface area contributed by atoms with Crippen LogP contribution in [0.2, 0.25) is 0 Å². The number of aliphatic carboxylic acids is 2. The lowest BCUT2D eigenvalue weighted by atomic mass is 9.97. The molecule has 0 aromatic heterocycles. The second-order valence-electron chi connectivity index (χ2n) is 6.78. The minimum atomic E-state index is -1.28. The van der Waals surface area contributed by atoms with Crippen LogP contribution in [-0.2, 0) is 33.4 Å². The molecule has 0 aromatic carbocycles. The summed E-state index contributed by atoms with van der Waals surface area (Å²) in [7, 11) is 1.79. The first-order valence-corrected chi connectivity index (χ1v) is 9.73. The summed E-state index contributed by atoms with van der Waals surface area (Å²) < 4.78 is 10.4. The first-order valence-electron chi connectivity index (χ1n) is 9.73. The van der Waals surface area contributed by atoms with Crippen molar-refractivity contribution in [3.8, 4) is 0 Å². The van der Waals surface area contributed by atoms with Crippen molar-refractivity contribution in [1.29, 1.82) is 0 Å². The average Bonchev–Trinajstić information content (AvgIpc) is 2.66. The first-order chi connectivity index (χ1) is 14.2. The van der Waals surface area contributed by atoms with E-state index in [1.807, 2.05) is 0 Å². The number of carbonyl (C=O) groups excluding carboxylic acids is 3. The zero-order valence-corrected chi connectivity index (χ0v) is 17.5. The fraction of sp³-hybridized carbons (Fsp3) is 0.737. The number of Topliss-reactive ketones (excluding diaryl/α,β-unsaturated/α-hetero) is 2. The molecule has 30 heavy (non-hydrogen) atoms. The van der Waals surface area contributed by atoms with Gasteiger partial charge >= 0.3 is 11.9 Å². The van der Waals surface area contributed by atoms with E-state index in [0.29, 0.717) is 19.8 Å². The van der Waals surface area contributed by atoms with Crippen LogP contribution in [0, 0.1) is 5.92 Å². The van der Waals surface area contributed by atoms with Gasteiger partial charge in [-0.05, 0) is 26.8 Å². The minimum absolute atomic E-state index is 0.00400. The van der Waals surface area contributed by atoms with Crippen LogP contribution in [-0.4, -0.2) is 85.7 Å². The molecule has 0 heterocycles. The van der Waals surface area contributed by atoms with Gasteiger partial charge in [-0.2, -0.15) is 0 Å². The van der Waals surface area contributed by atoms with Gasteiger partial charge in [-0.1, -0.05) is 0 Å². The van der Waals surface area contributed by atoms with Gasteiger partial charge in [-0.25, -0.2) is 4.79 Å². The Morgan fingerprint density at radius 3 is 2.13 bits per heavy atom. The molecule has 0 saturated carbocycles. The lowest BCUT2D eigenvalue weighted by Crippen LogP contribution is -2.41. The van der Waals surface area contributed by atoms with E-state index in [-0.39, 0.29) is 51.1 Å². The lowest BCUT2D eigenvalue weighted by Gasteiger charge is -2.15. The molecule has 0 aromatic rings. The van der Waals surface area contributed by atoms with Gasteiger partial charge in [0, 0.05) is 25.8 Å². The van der Waals surface area contributed by atoms with Crippen LogP contribution in [0.25, 0.3) is 0 Å². The molecule has 0 rings (SSSR count). The minimum Gasteiger partial charge on any atom is -0.481 e. The van der Waals surface area contributed by atoms with E-state index in [1.165, 1.54) is 6.92 Å². The third-order valence-corrected chi connectivity index (χ3v) is 4.09. The summed E-state index contributed by atoms with van der Waals surface area (Å²) in [5, 5.41) is 23.5. The molecule has 11 heteroatoms. The highest BCUT2D eigenvalue weighted by Gasteiger charge is 2.24. The van der Waals surface area contributed by atoms with Gasteiger partial charge < -0.3 is 35.1 Å². The molecule has 0 radical (unpaired) electrons. The third-order valence-electron chi connectivity index (χ3n) is 4.09. The van der Waals surface area contributed by atoms with Crippen LogP contribution >= 0.6 is 0 Å². The molecule has 1 unspecified atom stereocenters. The molecule has 1 amide bonds. The highest BCUT2D eigenvalue weighted by atomic mass is 16.5. The number of amides is 1. The maximum atomic E-state index is 12.0. The van der Waals surface area contributed by atoms with Crippen LogP contribution in [0.15, 0.2) is 0 Å². The van der Waals surface area contributed by atoms with Crippen molar-refractivity contribution in [1.82, 2.24) is 10.6 Å². The van der Waals surface area contributed by atoms with Crippen molar-refractivity contribution >= 4 is 29.4 Å². The topological polar surface area (TPSA) is 168 Å². The number of likely N-dealkylation sites (N-methyl/N-ethyl adjacent to an activating group) is 1. The molecule has 172 valence electrons. The number of ether oxygens (including phenoxy) is 2. The molecule has 4 N–H and O–H groups in total. The molecule has 0 aliphatic carbocycles. The molecular weight excluding hydrogens is 400 g/mol. The van der Waals surface area contributed by atoms with Crippen molar-refractivity contribution in [3.05, 3.63) is 0 Å². The predicted molar refractivity (Wildman–Crippen MR) is 105 cm³/mol. The summed E-state index contributed by atoms with van der Waals surface area (Å²) in [5.74, 6) is -4.85. The van der Waals surface area contributed by atoms with E-state index in [4.69, 9.17) is 14.6 Å². The van der Waals surface area contributed by atoms with Crippen molar-refractivity contribution in [2.45, 2.75) is 45.1 Å². The van der Waals surface area contributed by atoms with E-state index in [1.54, 1.807) is 7.05 Å². The number of hydrogen-bond donors (Lipinski definition) is 4. The predicted octanol–water partition coefficient (Wildman–Crippen LogP) is -0.382. The summed E-state index contributed by atoms with van der Waals surface area (Å²) in [4.78, 5) is 57.3. The number of ketones is 2. The number of carboxylic acid groups (broad SMARTS) is 2. The fourth-order valence-corrected chi connectivity index (χ4v) is 2.40. The van der Waals surface area contributed by atoms with Crippen molar-refractivity contribution in [3.63, 3.8) is 0 Å². The van der Waals surface area contributed by atoms with E-state index in [9.17, 15) is 29.1 Å². The molecule has 0 aliphatic rings. The Morgan fingerprint density at radius 1 is 0.900 bits per heavy atom.